The van der Waals surface area contributed by atoms with Crippen LogP contribution in [0.3, 0.4) is 0 Å². The van der Waals surface area contributed by atoms with Gasteiger partial charge in [0.1, 0.15) is 12.3 Å². The Morgan fingerprint density at radius 3 is 2.86 bits per heavy atom. The summed E-state index contributed by atoms with van der Waals surface area (Å²) in [6.45, 7) is 0.205. The molecule has 0 atom stereocenters. The van der Waals surface area contributed by atoms with Crippen LogP contribution < -0.4 is 16.2 Å². The molecule has 21 heavy (non-hydrogen) atoms. The van der Waals surface area contributed by atoms with Gasteiger partial charge in [-0.3, -0.25) is 4.79 Å². The summed E-state index contributed by atoms with van der Waals surface area (Å²) >= 11 is 0. The first-order chi connectivity index (χ1) is 10.1. The van der Waals surface area contributed by atoms with Crippen LogP contribution in [0.4, 0.5) is 5.69 Å². The highest BCUT2D eigenvalue weighted by molar-refractivity contribution is 5.97. The molecule has 6 nitrogen and oxygen atoms in total. The van der Waals surface area contributed by atoms with Crippen LogP contribution in [-0.2, 0) is 6.61 Å². The number of pyridine rings is 1. The third kappa shape index (κ3) is 2.51. The maximum absolute atomic E-state index is 11.4. The van der Waals surface area contributed by atoms with Crippen molar-refractivity contribution in [2.45, 2.75) is 6.61 Å². The van der Waals surface area contributed by atoms with E-state index in [1.807, 2.05) is 35.0 Å². The summed E-state index contributed by atoms with van der Waals surface area (Å²) in [5, 5.41) is 0. The number of carbonyl (C=O) groups excluding carboxylic acids is 1. The number of amides is 1. The van der Waals surface area contributed by atoms with Crippen LogP contribution in [0.25, 0.3) is 5.65 Å². The first-order valence-corrected chi connectivity index (χ1v) is 6.39. The number of nitrogens with zero attached hydrogens (tertiary/aromatic N) is 2. The van der Waals surface area contributed by atoms with E-state index in [9.17, 15) is 4.79 Å². The molecule has 0 spiro atoms. The lowest BCUT2D eigenvalue weighted by Gasteiger charge is -2.10. The molecular formula is C15H14N4O2. The quantitative estimate of drug-likeness (QED) is 0.710. The van der Waals surface area contributed by atoms with Gasteiger partial charge in [-0.1, -0.05) is 12.1 Å². The standard InChI is InChI=1S/C15H14N4O2/c16-12-5-3-4-11(15(17)20)14(12)21-9-10-8-19-7-2-1-6-13(19)18-10/h1-8H,9,16H2,(H2,17,20). The van der Waals surface area contributed by atoms with E-state index in [-0.39, 0.29) is 12.2 Å². The molecule has 0 fully saturated rings. The number of nitrogens with two attached hydrogens (primary N) is 2. The number of carbonyl (C=O) groups is 1. The minimum absolute atomic E-state index is 0.205. The Labute approximate surface area is 121 Å². The van der Waals surface area contributed by atoms with Crippen molar-refractivity contribution in [3.8, 4) is 5.75 Å². The van der Waals surface area contributed by atoms with Crippen molar-refractivity contribution in [1.29, 1.82) is 0 Å². The fraction of sp³-hybridized carbons (Fsp3) is 0.0667. The Morgan fingerprint density at radius 2 is 2.10 bits per heavy atom. The van der Waals surface area contributed by atoms with Crippen LogP contribution in [0, 0.1) is 0 Å². The van der Waals surface area contributed by atoms with E-state index in [0.29, 0.717) is 11.4 Å². The molecule has 0 aliphatic rings. The highest BCUT2D eigenvalue weighted by atomic mass is 16.5. The highest BCUT2D eigenvalue weighted by Crippen LogP contribution is 2.26. The number of aromatic nitrogens is 2. The Balaban J connectivity index is 1.86. The Hall–Kier alpha value is -3.02. The van der Waals surface area contributed by atoms with Gasteiger partial charge < -0.3 is 20.6 Å². The van der Waals surface area contributed by atoms with Crippen molar-refractivity contribution in [3.63, 3.8) is 0 Å². The monoisotopic (exact) mass is 282 g/mol. The van der Waals surface area contributed by atoms with E-state index >= 15 is 0 Å². The number of nitrogen functional groups attached to an aromatic ring is 1. The fourth-order valence-electron chi connectivity index (χ4n) is 2.11. The summed E-state index contributed by atoms with van der Waals surface area (Å²) < 4.78 is 7.53. The Morgan fingerprint density at radius 1 is 1.24 bits per heavy atom. The minimum atomic E-state index is -0.577. The summed E-state index contributed by atoms with van der Waals surface area (Å²) in [7, 11) is 0. The molecule has 3 aromatic rings. The van der Waals surface area contributed by atoms with Gasteiger partial charge in [0, 0.05) is 12.4 Å². The SMILES string of the molecule is NC(=O)c1cccc(N)c1OCc1cn2ccccc2n1. The minimum Gasteiger partial charge on any atom is -0.484 e. The number of primary amides is 1. The molecule has 2 heterocycles. The van der Waals surface area contributed by atoms with E-state index in [0.717, 1.165) is 11.3 Å². The van der Waals surface area contributed by atoms with E-state index in [1.165, 1.54) is 0 Å². The molecule has 106 valence electrons. The summed E-state index contributed by atoms with van der Waals surface area (Å²) in [5.41, 5.74) is 13.4. The number of hydrogen-bond acceptors (Lipinski definition) is 4. The van der Waals surface area contributed by atoms with Gasteiger partial charge in [-0.25, -0.2) is 4.98 Å². The molecule has 4 N–H and O–H groups in total. The second-order valence-corrected chi connectivity index (χ2v) is 4.58. The largest absolute Gasteiger partial charge is 0.484 e. The smallest absolute Gasteiger partial charge is 0.252 e. The lowest BCUT2D eigenvalue weighted by molar-refractivity contribution is 0.0996. The molecule has 1 aromatic carbocycles. The molecule has 0 aliphatic carbocycles. The van der Waals surface area contributed by atoms with Gasteiger partial charge in [-0.05, 0) is 24.3 Å². The maximum atomic E-state index is 11.4. The molecule has 0 bridgehead atoms. The van der Waals surface area contributed by atoms with Crippen molar-refractivity contribution in [2.75, 3.05) is 5.73 Å². The van der Waals surface area contributed by atoms with Gasteiger partial charge in [0.25, 0.3) is 5.91 Å². The van der Waals surface area contributed by atoms with Crippen LogP contribution in [0.2, 0.25) is 0 Å². The predicted molar refractivity (Wildman–Crippen MR) is 78.9 cm³/mol. The second-order valence-electron chi connectivity index (χ2n) is 4.58. The van der Waals surface area contributed by atoms with Gasteiger partial charge in [0.15, 0.2) is 5.75 Å². The predicted octanol–water partition coefficient (Wildman–Crippen LogP) is 1.59. The maximum Gasteiger partial charge on any atom is 0.252 e. The molecular weight excluding hydrogens is 268 g/mol. The molecule has 0 radical (unpaired) electrons. The lowest BCUT2D eigenvalue weighted by atomic mass is 10.1. The zero-order chi connectivity index (χ0) is 14.8. The van der Waals surface area contributed by atoms with Crippen LogP contribution in [0.5, 0.6) is 5.75 Å². The van der Waals surface area contributed by atoms with Gasteiger partial charge in [0.05, 0.1) is 16.9 Å². The number of hydrogen-bond donors (Lipinski definition) is 2. The van der Waals surface area contributed by atoms with Crippen LogP contribution >= 0.6 is 0 Å². The molecule has 0 saturated carbocycles. The summed E-state index contributed by atoms with van der Waals surface area (Å²) in [6.07, 6.45) is 3.76. The zero-order valence-electron chi connectivity index (χ0n) is 11.2. The topological polar surface area (TPSA) is 95.6 Å². The molecule has 3 rings (SSSR count). The lowest BCUT2D eigenvalue weighted by Crippen LogP contribution is -2.14. The van der Waals surface area contributed by atoms with Crippen LogP contribution in [-0.4, -0.2) is 15.3 Å². The fourth-order valence-corrected chi connectivity index (χ4v) is 2.11. The number of imidazole rings is 1. The highest BCUT2D eigenvalue weighted by Gasteiger charge is 2.13. The summed E-state index contributed by atoms with van der Waals surface area (Å²) in [6, 6.07) is 10.6. The normalized spacial score (nSPS) is 10.7. The third-order valence-electron chi connectivity index (χ3n) is 3.09. The van der Waals surface area contributed by atoms with Crippen LogP contribution in [0.1, 0.15) is 16.1 Å². The second kappa shape index (κ2) is 5.16. The molecule has 6 heteroatoms. The number of benzene rings is 1. The third-order valence-corrected chi connectivity index (χ3v) is 3.09. The van der Waals surface area contributed by atoms with E-state index in [1.54, 1.807) is 18.2 Å². The average molecular weight is 282 g/mol. The number of ether oxygens (including phenoxy) is 1. The van der Waals surface area contributed by atoms with Crippen molar-refractivity contribution in [1.82, 2.24) is 9.38 Å². The summed E-state index contributed by atoms with van der Waals surface area (Å²) in [4.78, 5) is 15.8. The first kappa shape index (κ1) is 13.0. The Kier molecular flexibility index (Phi) is 3.19. The zero-order valence-corrected chi connectivity index (χ0v) is 11.2. The van der Waals surface area contributed by atoms with E-state index in [4.69, 9.17) is 16.2 Å². The van der Waals surface area contributed by atoms with Crippen molar-refractivity contribution in [3.05, 3.63) is 60.0 Å². The molecule has 0 unspecified atom stereocenters. The average Bonchev–Trinajstić information content (AvgIpc) is 2.88. The van der Waals surface area contributed by atoms with Crippen molar-refractivity contribution in [2.24, 2.45) is 5.73 Å². The van der Waals surface area contributed by atoms with Gasteiger partial charge in [-0.2, -0.15) is 0 Å². The molecule has 0 aliphatic heterocycles. The number of rotatable bonds is 4. The Bertz CT molecular complexity index is 777. The van der Waals surface area contributed by atoms with Crippen molar-refractivity contribution >= 4 is 17.2 Å². The molecule has 2 aromatic heterocycles. The van der Waals surface area contributed by atoms with Gasteiger partial charge >= 0.3 is 0 Å². The number of para-hydroxylation sites is 1. The van der Waals surface area contributed by atoms with Gasteiger partial charge in [0.2, 0.25) is 0 Å². The van der Waals surface area contributed by atoms with Gasteiger partial charge in [-0.15, -0.1) is 0 Å². The number of anilines is 1. The first-order valence-electron chi connectivity index (χ1n) is 6.39. The van der Waals surface area contributed by atoms with Crippen LogP contribution in [0.15, 0.2) is 48.8 Å². The summed E-state index contributed by atoms with van der Waals surface area (Å²) in [5.74, 6) is -0.283. The van der Waals surface area contributed by atoms with E-state index in [2.05, 4.69) is 4.98 Å². The number of fused-ring (bicyclic) bond motifs is 1. The molecule has 0 saturated heterocycles. The van der Waals surface area contributed by atoms with Crippen molar-refractivity contribution < 1.29 is 9.53 Å². The van der Waals surface area contributed by atoms with E-state index < -0.39 is 5.91 Å². The molecule has 1 amide bonds.